The van der Waals surface area contributed by atoms with Crippen LogP contribution in [0, 0.1) is 5.41 Å². The largest absolute Gasteiger partial charge is 0.494 e. The fourth-order valence-corrected chi connectivity index (χ4v) is 2.98. The predicted molar refractivity (Wildman–Crippen MR) is 83.9 cm³/mol. The summed E-state index contributed by atoms with van der Waals surface area (Å²) in [7, 11) is 0. The van der Waals surface area contributed by atoms with E-state index in [1.807, 2.05) is 24.3 Å². The van der Waals surface area contributed by atoms with Crippen molar-refractivity contribution in [2.45, 2.75) is 39.7 Å². The Labute approximate surface area is 123 Å². The van der Waals surface area contributed by atoms with Crippen molar-refractivity contribution in [1.29, 1.82) is 0 Å². The molecule has 0 aromatic heterocycles. The number of hydrogen-bond acceptors (Lipinski definition) is 3. The van der Waals surface area contributed by atoms with Crippen molar-refractivity contribution < 1.29 is 4.74 Å². The summed E-state index contributed by atoms with van der Waals surface area (Å²) in [6, 6.07) is 8.07. The van der Waals surface area contributed by atoms with E-state index in [0.717, 1.165) is 30.9 Å². The Morgan fingerprint density at radius 2 is 2.20 bits per heavy atom. The molecule has 1 heterocycles. The molecule has 3 heteroatoms. The average molecular weight is 276 g/mol. The van der Waals surface area contributed by atoms with Gasteiger partial charge in [0.05, 0.1) is 6.61 Å². The Bertz CT molecular complexity index is 417. The van der Waals surface area contributed by atoms with Crippen molar-refractivity contribution >= 4 is 0 Å². The van der Waals surface area contributed by atoms with Crippen LogP contribution in [-0.2, 0) is 6.54 Å². The minimum absolute atomic E-state index is 0.481. The molecule has 1 aromatic rings. The number of nitrogens with two attached hydrogens (primary N) is 1. The SMILES string of the molecule is CC1(C)CCCN(CCCOc2cccc(CN)c2)C1. The molecule has 0 spiro atoms. The highest BCUT2D eigenvalue weighted by atomic mass is 16.5. The molecule has 3 nitrogen and oxygen atoms in total. The van der Waals surface area contributed by atoms with Gasteiger partial charge in [-0.05, 0) is 48.9 Å². The van der Waals surface area contributed by atoms with Gasteiger partial charge < -0.3 is 15.4 Å². The van der Waals surface area contributed by atoms with Crippen LogP contribution in [0.25, 0.3) is 0 Å². The van der Waals surface area contributed by atoms with Crippen LogP contribution >= 0.6 is 0 Å². The fraction of sp³-hybridized carbons (Fsp3) is 0.647. The Hall–Kier alpha value is -1.06. The van der Waals surface area contributed by atoms with E-state index in [2.05, 4.69) is 18.7 Å². The molecule has 2 rings (SSSR count). The molecule has 0 aliphatic carbocycles. The molecule has 0 saturated carbocycles. The van der Waals surface area contributed by atoms with Crippen LogP contribution < -0.4 is 10.5 Å². The van der Waals surface area contributed by atoms with E-state index in [1.165, 1.54) is 25.9 Å². The maximum atomic E-state index is 5.81. The summed E-state index contributed by atoms with van der Waals surface area (Å²) in [6.07, 6.45) is 3.77. The maximum Gasteiger partial charge on any atom is 0.119 e. The first kappa shape index (κ1) is 15.3. The standard InChI is InChI=1S/C17H28N2O/c1-17(2)8-4-9-19(14-17)10-5-11-20-16-7-3-6-15(12-16)13-18/h3,6-7,12H,4-5,8-11,13-14,18H2,1-2H3. The smallest absolute Gasteiger partial charge is 0.119 e. The molecule has 0 radical (unpaired) electrons. The molecule has 20 heavy (non-hydrogen) atoms. The Kier molecular flexibility index (Phi) is 5.44. The third-order valence-electron chi connectivity index (χ3n) is 4.00. The summed E-state index contributed by atoms with van der Waals surface area (Å²) < 4.78 is 5.81. The molecule has 1 aromatic carbocycles. The van der Waals surface area contributed by atoms with E-state index < -0.39 is 0 Å². The quantitative estimate of drug-likeness (QED) is 0.812. The Morgan fingerprint density at radius 3 is 2.95 bits per heavy atom. The summed E-state index contributed by atoms with van der Waals surface area (Å²) in [5, 5.41) is 0. The minimum atomic E-state index is 0.481. The van der Waals surface area contributed by atoms with Gasteiger partial charge in [-0.1, -0.05) is 26.0 Å². The van der Waals surface area contributed by atoms with Crippen LogP contribution in [0.1, 0.15) is 38.7 Å². The lowest BCUT2D eigenvalue weighted by Gasteiger charge is -2.38. The van der Waals surface area contributed by atoms with Gasteiger partial charge in [-0.2, -0.15) is 0 Å². The van der Waals surface area contributed by atoms with Crippen molar-refractivity contribution in [2.75, 3.05) is 26.2 Å². The van der Waals surface area contributed by atoms with Crippen LogP contribution in [0.5, 0.6) is 5.75 Å². The zero-order valence-electron chi connectivity index (χ0n) is 12.9. The van der Waals surface area contributed by atoms with E-state index >= 15 is 0 Å². The highest BCUT2D eigenvalue weighted by Crippen LogP contribution is 2.28. The monoisotopic (exact) mass is 276 g/mol. The van der Waals surface area contributed by atoms with E-state index in [1.54, 1.807) is 0 Å². The number of benzene rings is 1. The van der Waals surface area contributed by atoms with Crippen molar-refractivity contribution in [1.82, 2.24) is 4.90 Å². The summed E-state index contributed by atoms with van der Waals surface area (Å²) in [6.45, 7) is 9.69. The third kappa shape index (κ3) is 4.80. The van der Waals surface area contributed by atoms with E-state index in [-0.39, 0.29) is 0 Å². The van der Waals surface area contributed by atoms with Gasteiger partial charge in [0.15, 0.2) is 0 Å². The summed E-state index contributed by atoms with van der Waals surface area (Å²) in [5.41, 5.74) is 7.24. The average Bonchev–Trinajstić information content (AvgIpc) is 2.43. The molecule has 1 saturated heterocycles. The van der Waals surface area contributed by atoms with Crippen LogP contribution in [0.3, 0.4) is 0 Å². The second kappa shape index (κ2) is 7.09. The zero-order valence-corrected chi connectivity index (χ0v) is 12.9. The van der Waals surface area contributed by atoms with Crippen molar-refractivity contribution in [3.8, 4) is 5.75 Å². The van der Waals surface area contributed by atoms with Crippen LogP contribution in [0.15, 0.2) is 24.3 Å². The molecule has 0 unspecified atom stereocenters. The second-order valence-electron chi connectivity index (χ2n) is 6.60. The van der Waals surface area contributed by atoms with Crippen molar-refractivity contribution in [3.05, 3.63) is 29.8 Å². The van der Waals surface area contributed by atoms with Crippen molar-refractivity contribution in [2.24, 2.45) is 11.1 Å². The molecule has 112 valence electrons. The first-order valence-electron chi connectivity index (χ1n) is 7.73. The van der Waals surface area contributed by atoms with Crippen LogP contribution in [0.2, 0.25) is 0 Å². The van der Waals surface area contributed by atoms with Gasteiger partial charge in [0.1, 0.15) is 5.75 Å². The summed E-state index contributed by atoms with van der Waals surface area (Å²) in [5.74, 6) is 0.937. The third-order valence-corrected chi connectivity index (χ3v) is 4.00. The predicted octanol–water partition coefficient (Wildman–Crippen LogP) is 3.04. The van der Waals surface area contributed by atoms with Gasteiger partial charge in [-0.3, -0.25) is 0 Å². The zero-order chi connectivity index (χ0) is 14.4. The molecule has 1 fully saturated rings. The van der Waals surface area contributed by atoms with Crippen LogP contribution in [0.4, 0.5) is 0 Å². The lowest BCUT2D eigenvalue weighted by atomic mass is 9.84. The Morgan fingerprint density at radius 1 is 1.35 bits per heavy atom. The summed E-state index contributed by atoms with van der Waals surface area (Å²) in [4.78, 5) is 2.57. The highest BCUT2D eigenvalue weighted by molar-refractivity contribution is 5.28. The lowest BCUT2D eigenvalue weighted by Crippen LogP contribution is -2.40. The normalized spacial score (nSPS) is 18.9. The molecule has 1 aliphatic heterocycles. The number of likely N-dealkylation sites (tertiary alicyclic amines) is 1. The number of nitrogens with zero attached hydrogens (tertiary/aromatic N) is 1. The van der Waals surface area contributed by atoms with Gasteiger partial charge >= 0.3 is 0 Å². The van der Waals surface area contributed by atoms with Gasteiger partial charge in [0.2, 0.25) is 0 Å². The molecule has 0 bridgehead atoms. The number of hydrogen-bond donors (Lipinski definition) is 1. The Balaban J connectivity index is 1.68. The lowest BCUT2D eigenvalue weighted by molar-refractivity contribution is 0.111. The molecular formula is C17H28N2O. The second-order valence-corrected chi connectivity index (χ2v) is 6.60. The first-order chi connectivity index (χ1) is 9.59. The first-order valence-corrected chi connectivity index (χ1v) is 7.73. The summed E-state index contributed by atoms with van der Waals surface area (Å²) >= 11 is 0. The van der Waals surface area contributed by atoms with Gasteiger partial charge in [-0.25, -0.2) is 0 Å². The number of rotatable bonds is 6. The molecule has 1 aliphatic rings. The molecule has 0 amide bonds. The minimum Gasteiger partial charge on any atom is -0.494 e. The molecular weight excluding hydrogens is 248 g/mol. The highest BCUT2D eigenvalue weighted by Gasteiger charge is 2.25. The number of piperidine rings is 1. The van der Waals surface area contributed by atoms with Crippen molar-refractivity contribution in [3.63, 3.8) is 0 Å². The topological polar surface area (TPSA) is 38.5 Å². The van der Waals surface area contributed by atoms with Gasteiger partial charge in [0, 0.05) is 19.6 Å². The fourth-order valence-electron chi connectivity index (χ4n) is 2.98. The number of ether oxygens (including phenoxy) is 1. The van der Waals surface area contributed by atoms with Crippen LogP contribution in [-0.4, -0.2) is 31.1 Å². The maximum absolute atomic E-state index is 5.81. The molecule has 0 atom stereocenters. The van der Waals surface area contributed by atoms with E-state index in [9.17, 15) is 0 Å². The molecule has 2 N–H and O–H groups in total. The van der Waals surface area contributed by atoms with Gasteiger partial charge in [0.25, 0.3) is 0 Å². The van der Waals surface area contributed by atoms with E-state index in [4.69, 9.17) is 10.5 Å². The van der Waals surface area contributed by atoms with E-state index in [0.29, 0.717) is 12.0 Å². The van der Waals surface area contributed by atoms with Gasteiger partial charge in [-0.15, -0.1) is 0 Å².